The van der Waals surface area contributed by atoms with E-state index in [1.54, 1.807) is 49.4 Å². The molecule has 0 saturated heterocycles. The van der Waals surface area contributed by atoms with E-state index in [1.165, 1.54) is 0 Å². The van der Waals surface area contributed by atoms with Crippen molar-refractivity contribution >= 4 is 23.4 Å². The molecule has 102 valence electrons. The van der Waals surface area contributed by atoms with Gasteiger partial charge in [0, 0.05) is 16.3 Å². The fourth-order valence-corrected chi connectivity index (χ4v) is 1.65. The number of hydrogen-bond acceptors (Lipinski definition) is 3. The molecule has 1 aromatic heterocycles. The third-order valence-electron chi connectivity index (χ3n) is 2.52. The molecule has 0 aliphatic heterocycles. The maximum Gasteiger partial charge on any atom is 0.288 e. The summed E-state index contributed by atoms with van der Waals surface area (Å²) in [5.41, 5.74) is 5.98. The summed E-state index contributed by atoms with van der Waals surface area (Å²) in [5.74, 6) is -0.904. The average molecular weight is 290 g/mol. The van der Waals surface area contributed by atoms with Crippen LogP contribution in [0.15, 0.2) is 42.5 Å². The molecular weight excluding hydrogens is 278 g/mol. The maximum absolute atomic E-state index is 11.8. The minimum atomic E-state index is -0.476. The first-order valence-corrected chi connectivity index (χ1v) is 6.24. The molecule has 5 nitrogen and oxygen atoms in total. The van der Waals surface area contributed by atoms with Gasteiger partial charge in [0.1, 0.15) is 5.69 Å². The molecule has 0 unspecified atom stereocenters. The summed E-state index contributed by atoms with van der Waals surface area (Å²) in [7, 11) is 0. The fourth-order valence-electron chi connectivity index (χ4n) is 1.52. The molecule has 2 rings (SSSR count). The number of carbonyl (C=O) groups excluding carboxylic acids is 2. The molecule has 0 spiro atoms. The number of aryl methyl sites for hydroxylation is 1. The zero-order valence-electron chi connectivity index (χ0n) is 10.7. The lowest BCUT2D eigenvalue weighted by molar-refractivity contribution is 0.0844. The topological polar surface area (TPSA) is 71.1 Å². The van der Waals surface area contributed by atoms with Crippen molar-refractivity contribution in [2.45, 2.75) is 6.92 Å². The Hall–Kier alpha value is -2.40. The predicted molar refractivity (Wildman–Crippen MR) is 75.4 cm³/mol. The van der Waals surface area contributed by atoms with Crippen LogP contribution in [0.4, 0.5) is 0 Å². The minimum Gasteiger partial charge on any atom is -0.267 e. The summed E-state index contributed by atoms with van der Waals surface area (Å²) in [4.78, 5) is 27.6. The van der Waals surface area contributed by atoms with Gasteiger partial charge in [-0.2, -0.15) is 0 Å². The predicted octanol–water partition coefficient (Wildman–Crippen LogP) is 2.12. The normalized spacial score (nSPS) is 9.90. The third-order valence-corrected chi connectivity index (χ3v) is 2.77. The molecule has 0 aliphatic rings. The van der Waals surface area contributed by atoms with Gasteiger partial charge in [-0.05, 0) is 43.3 Å². The van der Waals surface area contributed by atoms with Crippen molar-refractivity contribution < 1.29 is 9.59 Å². The monoisotopic (exact) mass is 289 g/mol. The van der Waals surface area contributed by atoms with Crippen LogP contribution in [0, 0.1) is 6.92 Å². The van der Waals surface area contributed by atoms with Crippen molar-refractivity contribution in [3.05, 3.63) is 64.4 Å². The largest absolute Gasteiger partial charge is 0.288 e. The van der Waals surface area contributed by atoms with Crippen molar-refractivity contribution in [2.75, 3.05) is 0 Å². The summed E-state index contributed by atoms with van der Waals surface area (Å²) in [6, 6.07) is 11.4. The van der Waals surface area contributed by atoms with Gasteiger partial charge in [-0.25, -0.2) is 4.98 Å². The van der Waals surface area contributed by atoms with Gasteiger partial charge in [-0.15, -0.1) is 0 Å². The molecule has 2 N–H and O–H groups in total. The van der Waals surface area contributed by atoms with Crippen LogP contribution in [0.3, 0.4) is 0 Å². The van der Waals surface area contributed by atoms with Crippen LogP contribution in [0.25, 0.3) is 0 Å². The highest BCUT2D eigenvalue weighted by Gasteiger charge is 2.09. The maximum atomic E-state index is 11.8. The van der Waals surface area contributed by atoms with E-state index >= 15 is 0 Å². The number of pyridine rings is 1. The SMILES string of the molecule is Cc1cccc(C(=O)NNC(=O)c2ccc(Cl)cc2)n1. The minimum absolute atomic E-state index is 0.237. The Bertz CT molecular complexity index is 641. The molecule has 0 aliphatic carbocycles. The highest BCUT2D eigenvalue weighted by atomic mass is 35.5. The Morgan fingerprint density at radius 3 is 2.30 bits per heavy atom. The molecule has 0 saturated carbocycles. The van der Waals surface area contributed by atoms with Crippen LogP contribution in [-0.4, -0.2) is 16.8 Å². The van der Waals surface area contributed by atoms with Crippen LogP contribution in [0.2, 0.25) is 5.02 Å². The number of amides is 2. The number of carbonyl (C=O) groups is 2. The summed E-state index contributed by atoms with van der Waals surface area (Å²) >= 11 is 5.73. The molecule has 0 bridgehead atoms. The Balaban J connectivity index is 1.96. The van der Waals surface area contributed by atoms with E-state index < -0.39 is 11.8 Å². The lowest BCUT2D eigenvalue weighted by Crippen LogP contribution is -2.41. The van der Waals surface area contributed by atoms with Crippen molar-refractivity contribution in [3.8, 4) is 0 Å². The highest BCUT2D eigenvalue weighted by Crippen LogP contribution is 2.09. The second-order valence-electron chi connectivity index (χ2n) is 4.08. The van der Waals surface area contributed by atoms with E-state index in [0.29, 0.717) is 10.6 Å². The van der Waals surface area contributed by atoms with Crippen molar-refractivity contribution in [1.29, 1.82) is 0 Å². The quantitative estimate of drug-likeness (QED) is 0.832. The van der Waals surface area contributed by atoms with Gasteiger partial charge in [0.15, 0.2) is 0 Å². The first-order chi connectivity index (χ1) is 9.56. The molecular formula is C14H12ClN3O2. The van der Waals surface area contributed by atoms with Crippen LogP contribution in [0.5, 0.6) is 0 Å². The van der Waals surface area contributed by atoms with Gasteiger partial charge in [-0.3, -0.25) is 20.4 Å². The average Bonchev–Trinajstić information content (AvgIpc) is 2.45. The smallest absolute Gasteiger partial charge is 0.267 e. The van der Waals surface area contributed by atoms with E-state index in [1.807, 2.05) is 0 Å². The van der Waals surface area contributed by atoms with Crippen LogP contribution < -0.4 is 10.9 Å². The van der Waals surface area contributed by atoms with E-state index in [4.69, 9.17) is 11.6 Å². The number of hydrogen-bond donors (Lipinski definition) is 2. The molecule has 2 amide bonds. The van der Waals surface area contributed by atoms with Gasteiger partial charge < -0.3 is 0 Å². The van der Waals surface area contributed by atoms with Crippen molar-refractivity contribution in [3.63, 3.8) is 0 Å². The summed E-state index contributed by atoms with van der Waals surface area (Å²) in [5, 5.41) is 0.537. The Morgan fingerprint density at radius 2 is 1.65 bits per heavy atom. The third kappa shape index (κ3) is 3.55. The van der Waals surface area contributed by atoms with E-state index in [-0.39, 0.29) is 5.69 Å². The standard InChI is InChI=1S/C14H12ClN3O2/c1-9-3-2-4-12(16-9)14(20)18-17-13(19)10-5-7-11(15)8-6-10/h2-8H,1H3,(H,17,19)(H,18,20). The number of benzene rings is 1. The molecule has 1 aromatic carbocycles. The summed E-state index contributed by atoms with van der Waals surface area (Å²) in [6.07, 6.45) is 0. The summed E-state index contributed by atoms with van der Waals surface area (Å²) < 4.78 is 0. The lowest BCUT2D eigenvalue weighted by Gasteiger charge is -2.07. The van der Waals surface area contributed by atoms with Crippen molar-refractivity contribution in [1.82, 2.24) is 15.8 Å². The molecule has 0 atom stereocenters. The molecule has 0 radical (unpaired) electrons. The number of rotatable bonds is 2. The second-order valence-corrected chi connectivity index (χ2v) is 4.52. The van der Waals surface area contributed by atoms with Crippen LogP contribution in [-0.2, 0) is 0 Å². The van der Waals surface area contributed by atoms with Gasteiger partial charge in [0.05, 0.1) is 0 Å². The highest BCUT2D eigenvalue weighted by molar-refractivity contribution is 6.30. The fraction of sp³-hybridized carbons (Fsp3) is 0.0714. The van der Waals surface area contributed by atoms with Gasteiger partial charge in [0.2, 0.25) is 0 Å². The molecule has 20 heavy (non-hydrogen) atoms. The Labute approximate surface area is 120 Å². The van der Waals surface area contributed by atoms with Crippen LogP contribution in [0.1, 0.15) is 26.5 Å². The lowest BCUT2D eigenvalue weighted by atomic mass is 10.2. The number of hydrazine groups is 1. The van der Waals surface area contributed by atoms with E-state index in [2.05, 4.69) is 15.8 Å². The summed E-state index contributed by atoms with van der Waals surface area (Å²) in [6.45, 7) is 1.78. The number of nitrogens with one attached hydrogen (secondary N) is 2. The molecule has 1 heterocycles. The van der Waals surface area contributed by atoms with Gasteiger partial charge >= 0.3 is 0 Å². The van der Waals surface area contributed by atoms with Gasteiger partial charge in [0.25, 0.3) is 11.8 Å². The number of halogens is 1. The molecule has 6 heteroatoms. The Kier molecular flexibility index (Phi) is 4.32. The molecule has 0 fully saturated rings. The van der Waals surface area contributed by atoms with Gasteiger partial charge in [-0.1, -0.05) is 17.7 Å². The second kappa shape index (κ2) is 6.16. The Morgan fingerprint density at radius 1 is 1.00 bits per heavy atom. The zero-order chi connectivity index (χ0) is 14.5. The first-order valence-electron chi connectivity index (χ1n) is 5.86. The van der Waals surface area contributed by atoms with Crippen LogP contribution >= 0.6 is 11.6 Å². The number of aromatic nitrogens is 1. The zero-order valence-corrected chi connectivity index (χ0v) is 11.4. The molecule has 2 aromatic rings. The first kappa shape index (κ1) is 14.0. The number of nitrogens with zero attached hydrogens (tertiary/aromatic N) is 1. The van der Waals surface area contributed by atoms with E-state index in [0.717, 1.165) is 5.69 Å². The van der Waals surface area contributed by atoms with E-state index in [9.17, 15) is 9.59 Å². The van der Waals surface area contributed by atoms with Crippen molar-refractivity contribution in [2.24, 2.45) is 0 Å².